The third-order valence-electron chi connectivity index (χ3n) is 4.25. The van der Waals surface area contributed by atoms with Gasteiger partial charge in [-0.3, -0.25) is 4.79 Å². The minimum Gasteiger partial charge on any atom is -0.390 e. The molecule has 0 fully saturated rings. The van der Waals surface area contributed by atoms with Gasteiger partial charge in [0, 0.05) is 24.4 Å². The van der Waals surface area contributed by atoms with Crippen LogP contribution in [-0.2, 0) is 16.2 Å². The molecule has 1 aliphatic heterocycles. The lowest BCUT2D eigenvalue weighted by atomic mass is 10.0. The quantitative estimate of drug-likeness (QED) is 0.751. The lowest BCUT2D eigenvalue weighted by molar-refractivity contribution is -0.133. The molecule has 136 valence electrons. The van der Waals surface area contributed by atoms with Crippen LogP contribution in [0.15, 0.2) is 53.7 Å². The van der Waals surface area contributed by atoms with Gasteiger partial charge in [-0.1, -0.05) is 47.9 Å². The van der Waals surface area contributed by atoms with Crippen LogP contribution in [0.3, 0.4) is 0 Å². The van der Waals surface area contributed by atoms with E-state index in [9.17, 15) is 9.18 Å². The molecular formula is C20H20ClFN2O2. The highest BCUT2D eigenvalue weighted by molar-refractivity contribution is 6.30. The molecule has 0 saturated carbocycles. The van der Waals surface area contributed by atoms with Gasteiger partial charge in [0.15, 0.2) is 6.10 Å². The first-order valence-corrected chi connectivity index (χ1v) is 8.93. The standard InChI is InChI=1S/C20H20ClFN2O2/c1-2-20(25)24(12-14-4-3-5-16(21)10-14)13-18-11-19(23-26-18)15-6-8-17(22)9-7-15/h3-10,18H,2,11-13H2,1H3/t18-/m0/s1. The minimum atomic E-state index is -0.286. The van der Waals surface area contributed by atoms with Gasteiger partial charge < -0.3 is 9.74 Å². The topological polar surface area (TPSA) is 41.9 Å². The number of oxime groups is 1. The van der Waals surface area contributed by atoms with E-state index in [0.717, 1.165) is 16.8 Å². The Balaban J connectivity index is 1.65. The Morgan fingerprint density at radius 3 is 2.77 bits per heavy atom. The van der Waals surface area contributed by atoms with E-state index in [-0.39, 0.29) is 17.8 Å². The van der Waals surface area contributed by atoms with Crippen molar-refractivity contribution < 1.29 is 14.0 Å². The number of nitrogens with zero attached hydrogens (tertiary/aromatic N) is 2. The highest BCUT2D eigenvalue weighted by atomic mass is 35.5. The van der Waals surface area contributed by atoms with Crippen molar-refractivity contribution in [2.24, 2.45) is 5.16 Å². The van der Waals surface area contributed by atoms with Crippen molar-refractivity contribution in [1.29, 1.82) is 0 Å². The third-order valence-corrected chi connectivity index (χ3v) is 4.49. The molecule has 2 aromatic rings. The molecule has 26 heavy (non-hydrogen) atoms. The molecule has 1 amide bonds. The number of benzene rings is 2. The van der Waals surface area contributed by atoms with Crippen LogP contribution in [0, 0.1) is 5.82 Å². The molecule has 3 rings (SSSR count). The van der Waals surface area contributed by atoms with Gasteiger partial charge in [-0.2, -0.15) is 0 Å². The van der Waals surface area contributed by atoms with E-state index in [1.807, 2.05) is 25.1 Å². The number of rotatable bonds is 6. The van der Waals surface area contributed by atoms with Crippen LogP contribution in [0.2, 0.25) is 5.02 Å². The largest absolute Gasteiger partial charge is 0.390 e. The summed E-state index contributed by atoms with van der Waals surface area (Å²) in [6.45, 7) is 2.75. The Morgan fingerprint density at radius 1 is 1.31 bits per heavy atom. The molecule has 0 unspecified atom stereocenters. The van der Waals surface area contributed by atoms with Crippen LogP contribution in [-0.4, -0.2) is 29.2 Å². The van der Waals surface area contributed by atoms with Crippen molar-refractivity contribution >= 4 is 23.2 Å². The fourth-order valence-corrected chi connectivity index (χ4v) is 3.13. The van der Waals surface area contributed by atoms with E-state index < -0.39 is 0 Å². The lowest BCUT2D eigenvalue weighted by Crippen LogP contribution is -2.36. The summed E-state index contributed by atoms with van der Waals surface area (Å²) in [5.41, 5.74) is 2.57. The number of hydrogen-bond acceptors (Lipinski definition) is 3. The normalized spacial score (nSPS) is 16.1. The van der Waals surface area contributed by atoms with Gasteiger partial charge in [-0.25, -0.2) is 4.39 Å². The van der Waals surface area contributed by atoms with Gasteiger partial charge in [0.25, 0.3) is 0 Å². The summed E-state index contributed by atoms with van der Waals surface area (Å²) in [7, 11) is 0. The summed E-state index contributed by atoms with van der Waals surface area (Å²) in [6, 6.07) is 13.6. The number of carbonyl (C=O) groups excluding carboxylic acids is 1. The average molecular weight is 375 g/mol. The molecular weight excluding hydrogens is 355 g/mol. The first kappa shape index (κ1) is 18.4. The number of hydrogen-bond donors (Lipinski definition) is 0. The van der Waals surface area contributed by atoms with Gasteiger partial charge in [-0.15, -0.1) is 0 Å². The number of halogens is 2. The fourth-order valence-electron chi connectivity index (χ4n) is 2.92. The number of amides is 1. The van der Waals surface area contributed by atoms with Gasteiger partial charge >= 0.3 is 0 Å². The lowest BCUT2D eigenvalue weighted by Gasteiger charge is -2.24. The number of carbonyl (C=O) groups is 1. The van der Waals surface area contributed by atoms with E-state index >= 15 is 0 Å². The second-order valence-corrected chi connectivity index (χ2v) is 6.67. The zero-order valence-corrected chi connectivity index (χ0v) is 15.2. The van der Waals surface area contributed by atoms with Crippen molar-refractivity contribution in [2.45, 2.75) is 32.4 Å². The van der Waals surface area contributed by atoms with Gasteiger partial charge in [-0.05, 0) is 35.4 Å². The van der Waals surface area contributed by atoms with Crippen molar-refractivity contribution in [1.82, 2.24) is 4.90 Å². The maximum absolute atomic E-state index is 13.1. The van der Waals surface area contributed by atoms with E-state index in [4.69, 9.17) is 16.4 Å². The van der Waals surface area contributed by atoms with Crippen molar-refractivity contribution in [2.75, 3.05) is 6.54 Å². The van der Waals surface area contributed by atoms with E-state index in [2.05, 4.69) is 5.16 Å². The molecule has 0 N–H and O–H groups in total. The first-order chi connectivity index (χ1) is 12.5. The van der Waals surface area contributed by atoms with E-state index in [0.29, 0.717) is 31.0 Å². The SMILES string of the molecule is CCC(=O)N(Cc1cccc(Cl)c1)C[C@@H]1CC(c2ccc(F)cc2)=NO1. The smallest absolute Gasteiger partial charge is 0.222 e. The molecule has 1 heterocycles. The molecule has 2 aromatic carbocycles. The monoisotopic (exact) mass is 374 g/mol. The molecule has 1 aliphatic rings. The van der Waals surface area contributed by atoms with Crippen LogP contribution in [0.5, 0.6) is 0 Å². The third kappa shape index (κ3) is 4.61. The van der Waals surface area contributed by atoms with Crippen LogP contribution in [0.4, 0.5) is 4.39 Å². The van der Waals surface area contributed by atoms with Crippen molar-refractivity contribution in [3.05, 3.63) is 70.5 Å². The minimum absolute atomic E-state index is 0.0452. The zero-order chi connectivity index (χ0) is 18.5. The molecule has 4 nitrogen and oxygen atoms in total. The highest BCUT2D eigenvalue weighted by Gasteiger charge is 2.26. The molecule has 1 atom stereocenters. The molecule has 6 heteroatoms. The fraction of sp³-hybridized carbons (Fsp3) is 0.300. The van der Waals surface area contributed by atoms with Gasteiger partial charge in [0.05, 0.1) is 12.3 Å². The Labute approximate surface area is 157 Å². The predicted molar refractivity (Wildman–Crippen MR) is 99.6 cm³/mol. The maximum atomic E-state index is 13.1. The summed E-state index contributed by atoms with van der Waals surface area (Å²) in [6.07, 6.45) is 0.776. The van der Waals surface area contributed by atoms with Crippen molar-refractivity contribution in [3.8, 4) is 0 Å². The van der Waals surface area contributed by atoms with Gasteiger partial charge in [0.1, 0.15) is 5.82 Å². The first-order valence-electron chi connectivity index (χ1n) is 8.56. The summed E-state index contributed by atoms with van der Waals surface area (Å²) in [5.74, 6) is -0.241. The highest BCUT2D eigenvalue weighted by Crippen LogP contribution is 2.20. The van der Waals surface area contributed by atoms with Crippen LogP contribution < -0.4 is 0 Å². The van der Waals surface area contributed by atoms with Crippen molar-refractivity contribution in [3.63, 3.8) is 0 Å². The molecule has 0 spiro atoms. The summed E-state index contributed by atoms with van der Waals surface area (Å²) < 4.78 is 13.1. The Bertz CT molecular complexity index is 808. The van der Waals surface area contributed by atoms with Gasteiger partial charge in [0.2, 0.25) is 5.91 Å². The van der Waals surface area contributed by atoms with Crippen LogP contribution in [0.1, 0.15) is 30.9 Å². The molecule has 0 bridgehead atoms. The molecule has 0 radical (unpaired) electrons. The Morgan fingerprint density at radius 2 is 2.08 bits per heavy atom. The molecule has 0 saturated heterocycles. The maximum Gasteiger partial charge on any atom is 0.222 e. The van der Waals surface area contributed by atoms with Crippen LogP contribution in [0.25, 0.3) is 0 Å². The van der Waals surface area contributed by atoms with Crippen LogP contribution >= 0.6 is 11.6 Å². The average Bonchev–Trinajstić information content (AvgIpc) is 3.10. The second kappa shape index (κ2) is 8.32. The van der Waals surface area contributed by atoms with E-state index in [1.54, 1.807) is 23.1 Å². The summed E-state index contributed by atoms with van der Waals surface area (Å²) >= 11 is 6.04. The Hall–Kier alpha value is -2.40. The molecule has 0 aromatic heterocycles. The summed E-state index contributed by atoms with van der Waals surface area (Å²) in [5, 5.41) is 4.76. The molecule has 0 aliphatic carbocycles. The predicted octanol–water partition coefficient (Wildman–Crippen LogP) is 4.41. The summed E-state index contributed by atoms with van der Waals surface area (Å²) in [4.78, 5) is 19.6. The van der Waals surface area contributed by atoms with E-state index in [1.165, 1.54) is 12.1 Å². The second-order valence-electron chi connectivity index (χ2n) is 6.23. The Kier molecular flexibility index (Phi) is 5.89. The zero-order valence-electron chi connectivity index (χ0n) is 14.5.